The molecule has 0 saturated carbocycles. The average molecular weight is 696 g/mol. The predicted octanol–water partition coefficient (Wildman–Crippen LogP) is 10.8. The summed E-state index contributed by atoms with van der Waals surface area (Å²) in [4.78, 5) is 40.5. The minimum atomic E-state index is -1.17. The van der Waals surface area contributed by atoms with Crippen molar-refractivity contribution in [2.75, 3.05) is 0 Å². The van der Waals surface area contributed by atoms with E-state index in [0.717, 1.165) is 25.7 Å². The Kier molecular flexibility index (Phi) is 48.8. The van der Waals surface area contributed by atoms with Crippen LogP contribution in [-0.2, 0) is 19.2 Å². The molecule has 0 radical (unpaired) electrons. The zero-order valence-corrected chi connectivity index (χ0v) is 31.0. The molecule has 1 atom stereocenters. The van der Waals surface area contributed by atoms with Crippen molar-refractivity contribution in [3.63, 3.8) is 0 Å². The number of unbranched alkanes of at least 4 members (excludes halogenated alkanes) is 24. The maximum atomic E-state index is 10.3. The first-order chi connectivity index (χ1) is 22.1. The van der Waals surface area contributed by atoms with Crippen molar-refractivity contribution in [1.82, 2.24) is 0 Å². The van der Waals surface area contributed by atoms with Gasteiger partial charge in [0.1, 0.15) is 6.04 Å². The Balaban J connectivity index is -0.000000304. The van der Waals surface area contributed by atoms with Gasteiger partial charge in [-0.05, 0) is 19.3 Å². The molecule has 10 heteroatoms. The first-order valence-corrected chi connectivity index (χ1v) is 18.7. The van der Waals surface area contributed by atoms with Gasteiger partial charge in [-0.3, -0.25) is 19.2 Å². The van der Waals surface area contributed by atoms with Crippen molar-refractivity contribution in [2.45, 2.75) is 213 Å². The smallest absolute Gasteiger partial charge is 0.320 e. The monoisotopic (exact) mass is 696 g/mol. The molecule has 47 heavy (non-hydrogen) atoms. The Morgan fingerprint density at radius 3 is 0.809 bits per heavy atom. The molecule has 0 bridgehead atoms. The minimum Gasteiger partial charge on any atom is -0.481 e. The molecule has 0 aromatic heterocycles. The maximum Gasteiger partial charge on any atom is 0.320 e. The summed E-state index contributed by atoms with van der Waals surface area (Å²) >= 11 is 0. The molecule has 0 aliphatic heterocycles. The summed E-state index contributed by atoms with van der Waals surface area (Å²) in [6.07, 6.45) is 34.3. The van der Waals surface area contributed by atoms with Crippen molar-refractivity contribution < 1.29 is 39.6 Å². The van der Waals surface area contributed by atoms with Crippen molar-refractivity contribution in [2.24, 2.45) is 5.73 Å². The van der Waals surface area contributed by atoms with Crippen LogP contribution in [-0.4, -0.2) is 50.3 Å². The number of carboxylic acids is 4. The molecule has 0 aliphatic rings. The maximum absolute atomic E-state index is 10.3. The van der Waals surface area contributed by atoms with Crippen molar-refractivity contribution in [1.29, 1.82) is 0 Å². The first-order valence-electron chi connectivity index (χ1n) is 18.7. The Morgan fingerprint density at radius 2 is 0.617 bits per heavy atom. The van der Waals surface area contributed by atoms with E-state index in [0.29, 0.717) is 12.8 Å². The van der Waals surface area contributed by atoms with Gasteiger partial charge in [0.2, 0.25) is 0 Å². The van der Waals surface area contributed by atoms with E-state index in [1.165, 1.54) is 141 Å². The van der Waals surface area contributed by atoms with Crippen LogP contribution in [0.5, 0.6) is 0 Å². The van der Waals surface area contributed by atoms with Gasteiger partial charge in [0.15, 0.2) is 0 Å². The number of halogens is 1. The van der Waals surface area contributed by atoms with E-state index in [2.05, 4.69) is 13.8 Å². The van der Waals surface area contributed by atoms with Crippen LogP contribution in [0.25, 0.3) is 0 Å². The van der Waals surface area contributed by atoms with Gasteiger partial charge in [-0.2, -0.15) is 0 Å². The second kappa shape index (κ2) is 44.1. The molecule has 0 rings (SSSR count). The Hall–Kier alpha value is -1.87. The van der Waals surface area contributed by atoms with Gasteiger partial charge in [-0.25, -0.2) is 0 Å². The highest BCUT2D eigenvalue weighted by atomic mass is 35.5. The largest absolute Gasteiger partial charge is 0.481 e. The van der Waals surface area contributed by atoms with Gasteiger partial charge in [0.25, 0.3) is 0 Å². The van der Waals surface area contributed by atoms with Crippen LogP contribution < -0.4 is 5.73 Å². The molecule has 9 nitrogen and oxygen atoms in total. The van der Waals surface area contributed by atoms with E-state index >= 15 is 0 Å². The van der Waals surface area contributed by atoms with E-state index in [-0.39, 0.29) is 25.2 Å². The highest BCUT2D eigenvalue weighted by Gasteiger charge is 2.12. The van der Waals surface area contributed by atoms with Gasteiger partial charge in [-0.1, -0.05) is 168 Å². The van der Waals surface area contributed by atoms with E-state index in [9.17, 15) is 19.2 Å². The summed E-state index contributed by atoms with van der Waals surface area (Å²) in [7, 11) is 0. The standard InChI is InChI=1S/2C16H32O2.C5H9NO4.ClH/c2*1-2-3-4-5-6-7-8-9-10-11-12-13-14-15-16(17)18;6-3(5(9)10)1-2-4(7)8;/h2*2-15H2,1H3,(H,17,18);3H,1-2,6H2,(H,7,8)(H,9,10);1H/t;;3-;/m..0./s1. The number of hydrogen-bond acceptors (Lipinski definition) is 5. The lowest BCUT2D eigenvalue weighted by molar-refractivity contribution is -0.140. The number of hydrogen-bond donors (Lipinski definition) is 5. The third kappa shape index (κ3) is 56.8. The molecule has 0 heterocycles. The second-order valence-electron chi connectivity index (χ2n) is 12.6. The zero-order valence-electron chi connectivity index (χ0n) is 30.2. The van der Waals surface area contributed by atoms with Crippen molar-refractivity contribution in [3.05, 3.63) is 0 Å². The summed E-state index contributed by atoms with van der Waals surface area (Å²) in [6.45, 7) is 4.52. The summed E-state index contributed by atoms with van der Waals surface area (Å²) in [6, 6.07) is -1.06. The second-order valence-corrected chi connectivity index (χ2v) is 12.6. The molecular weight excluding hydrogens is 622 g/mol. The van der Waals surface area contributed by atoms with E-state index in [1.807, 2.05) is 0 Å². The molecule has 0 amide bonds. The van der Waals surface area contributed by atoms with E-state index in [4.69, 9.17) is 26.2 Å². The Morgan fingerprint density at radius 1 is 0.404 bits per heavy atom. The number of rotatable bonds is 32. The third-order valence-corrected chi connectivity index (χ3v) is 7.97. The van der Waals surface area contributed by atoms with Crippen LogP contribution in [0.4, 0.5) is 0 Å². The number of aliphatic carboxylic acids is 4. The Labute approximate surface area is 293 Å². The van der Waals surface area contributed by atoms with Crippen LogP contribution >= 0.6 is 12.4 Å². The average Bonchev–Trinajstić information content (AvgIpc) is 3.00. The normalized spacial score (nSPS) is 10.9. The highest BCUT2D eigenvalue weighted by Crippen LogP contribution is 2.14. The summed E-state index contributed by atoms with van der Waals surface area (Å²) in [5, 5.41) is 33.3. The van der Waals surface area contributed by atoms with Crippen LogP contribution in [0.15, 0.2) is 0 Å². The molecule has 0 unspecified atom stereocenters. The Bertz CT molecular complexity index is 653. The molecule has 6 N–H and O–H groups in total. The lowest BCUT2D eigenvalue weighted by atomic mass is 10.0. The SMILES string of the molecule is CCCCCCCCCCCCCCCC(=O)O.CCCCCCCCCCCCCCCC(=O)O.Cl.N[C@@H](CCC(=O)O)C(=O)O. The number of carbonyl (C=O) groups is 4. The van der Waals surface area contributed by atoms with Gasteiger partial charge in [0.05, 0.1) is 0 Å². The molecule has 0 aromatic carbocycles. The van der Waals surface area contributed by atoms with Gasteiger partial charge in [-0.15, -0.1) is 12.4 Å². The van der Waals surface area contributed by atoms with Crippen molar-refractivity contribution in [3.8, 4) is 0 Å². The first kappa shape index (κ1) is 52.0. The fraction of sp³-hybridized carbons (Fsp3) is 0.892. The molecule has 0 fully saturated rings. The molecule has 282 valence electrons. The van der Waals surface area contributed by atoms with E-state index < -0.39 is 29.9 Å². The van der Waals surface area contributed by atoms with Crippen LogP contribution in [0.2, 0.25) is 0 Å². The summed E-state index contributed by atoms with van der Waals surface area (Å²) in [5.74, 6) is -3.51. The van der Waals surface area contributed by atoms with E-state index in [1.54, 1.807) is 0 Å². The highest BCUT2D eigenvalue weighted by molar-refractivity contribution is 5.85. The molecule has 0 aliphatic carbocycles. The quantitative estimate of drug-likeness (QED) is 0.0428. The molecule has 0 spiro atoms. The lowest BCUT2D eigenvalue weighted by Crippen LogP contribution is -2.30. The topological polar surface area (TPSA) is 175 Å². The fourth-order valence-electron chi connectivity index (χ4n) is 4.99. The lowest BCUT2D eigenvalue weighted by Gasteiger charge is -2.02. The van der Waals surface area contributed by atoms with Gasteiger partial charge >= 0.3 is 23.9 Å². The molecule has 0 saturated heterocycles. The van der Waals surface area contributed by atoms with Crippen LogP contribution in [0, 0.1) is 0 Å². The third-order valence-electron chi connectivity index (χ3n) is 7.97. The zero-order chi connectivity index (χ0) is 35.1. The number of carboxylic acid groups (broad SMARTS) is 4. The minimum absolute atomic E-state index is 0. The van der Waals surface area contributed by atoms with Crippen LogP contribution in [0.1, 0.15) is 206 Å². The van der Waals surface area contributed by atoms with Crippen molar-refractivity contribution >= 4 is 36.3 Å². The molecular formula is C37H74ClNO8. The van der Waals surface area contributed by atoms with Gasteiger partial charge in [0, 0.05) is 19.3 Å². The summed E-state index contributed by atoms with van der Waals surface area (Å²) < 4.78 is 0. The molecule has 0 aromatic rings. The summed E-state index contributed by atoms with van der Waals surface area (Å²) in [5.41, 5.74) is 5.00. The number of nitrogens with two attached hydrogens (primary N) is 1. The van der Waals surface area contributed by atoms with Crippen LogP contribution in [0.3, 0.4) is 0 Å². The van der Waals surface area contributed by atoms with Gasteiger partial charge < -0.3 is 26.2 Å². The fourth-order valence-corrected chi connectivity index (χ4v) is 4.99. The predicted molar refractivity (Wildman–Crippen MR) is 196 cm³/mol.